The van der Waals surface area contributed by atoms with Crippen molar-refractivity contribution in [2.45, 2.75) is 18.3 Å². The molecule has 3 rings (SSSR count). The van der Waals surface area contributed by atoms with E-state index in [1.54, 1.807) is 4.90 Å². The zero-order chi connectivity index (χ0) is 12.5. The van der Waals surface area contributed by atoms with Gasteiger partial charge in [0, 0.05) is 37.3 Å². The highest BCUT2D eigenvalue weighted by atomic mass is 35.5. The van der Waals surface area contributed by atoms with E-state index in [9.17, 15) is 4.79 Å². The highest BCUT2D eigenvalue weighted by molar-refractivity contribution is 6.22. The van der Waals surface area contributed by atoms with Crippen molar-refractivity contribution in [3.05, 3.63) is 42.2 Å². The molecule has 1 atom stereocenters. The van der Waals surface area contributed by atoms with Gasteiger partial charge in [-0.05, 0) is 10.9 Å². The van der Waals surface area contributed by atoms with Gasteiger partial charge < -0.3 is 4.90 Å². The molecule has 1 aliphatic heterocycles. The van der Waals surface area contributed by atoms with E-state index in [2.05, 4.69) is 11.1 Å². The van der Waals surface area contributed by atoms with Gasteiger partial charge in [-0.25, -0.2) is 0 Å². The summed E-state index contributed by atoms with van der Waals surface area (Å²) in [5, 5.41) is 2.20. The highest BCUT2D eigenvalue weighted by Crippen LogP contribution is 2.22. The molecule has 0 bridgehead atoms. The third kappa shape index (κ3) is 2.06. The van der Waals surface area contributed by atoms with E-state index in [0.717, 1.165) is 16.3 Å². The summed E-state index contributed by atoms with van der Waals surface area (Å²) in [4.78, 5) is 17.8. The van der Waals surface area contributed by atoms with Crippen molar-refractivity contribution >= 4 is 28.3 Å². The Kier molecular flexibility index (Phi) is 2.92. The van der Waals surface area contributed by atoms with Crippen molar-refractivity contribution in [2.75, 3.05) is 6.54 Å². The van der Waals surface area contributed by atoms with E-state index < -0.39 is 0 Å². The minimum atomic E-state index is -0.0552. The summed E-state index contributed by atoms with van der Waals surface area (Å²) < 4.78 is 0. The summed E-state index contributed by atoms with van der Waals surface area (Å²) in [6, 6.07) is 8.08. The molecule has 0 saturated carbocycles. The maximum atomic E-state index is 11.7. The number of hydrogen-bond donors (Lipinski definition) is 0. The summed E-state index contributed by atoms with van der Waals surface area (Å²) in [6.45, 7) is 1.22. The first-order valence-corrected chi connectivity index (χ1v) is 6.41. The average Bonchev–Trinajstić information content (AvgIpc) is 2.68. The number of fused-ring (bicyclic) bond motifs is 1. The van der Waals surface area contributed by atoms with Gasteiger partial charge in [-0.1, -0.05) is 24.3 Å². The molecular weight excluding hydrogens is 248 g/mol. The molecule has 2 aromatic rings. The van der Waals surface area contributed by atoms with Gasteiger partial charge in [0.15, 0.2) is 0 Å². The van der Waals surface area contributed by atoms with Crippen molar-refractivity contribution < 1.29 is 4.79 Å². The number of alkyl halides is 1. The molecule has 0 aliphatic carbocycles. The topological polar surface area (TPSA) is 33.2 Å². The molecule has 0 radical (unpaired) electrons. The van der Waals surface area contributed by atoms with Crippen LogP contribution in [0.2, 0.25) is 0 Å². The molecule has 1 amide bonds. The Morgan fingerprint density at radius 1 is 1.33 bits per heavy atom. The number of aromatic nitrogens is 1. The molecule has 1 unspecified atom stereocenters. The van der Waals surface area contributed by atoms with Crippen LogP contribution in [0.1, 0.15) is 12.0 Å². The Morgan fingerprint density at radius 2 is 2.17 bits per heavy atom. The summed E-state index contributed by atoms with van der Waals surface area (Å²) in [6.07, 6.45) is 4.12. The molecule has 1 aliphatic rings. The summed E-state index contributed by atoms with van der Waals surface area (Å²) in [7, 11) is 0. The van der Waals surface area contributed by atoms with Crippen LogP contribution in [-0.4, -0.2) is 27.7 Å². The summed E-state index contributed by atoms with van der Waals surface area (Å²) in [5.74, 6) is 0.128. The lowest BCUT2D eigenvalue weighted by Gasteiger charge is -2.16. The van der Waals surface area contributed by atoms with Gasteiger partial charge in [0.05, 0.1) is 5.38 Å². The van der Waals surface area contributed by atoms with Crippen molar-refractivity contribution in [2.24, 2.45) is 0 Å². The zero-order valence-electron chi connectivity index (χ0n) is 9.84. The molecule has 1 aromatic carbocycles. The smallest absolute Gasteiger partial charge is 0.224 e. The molecule has 0 N–H and O–H groups in total. The minimum absolute atomic E-state index is 0.0552. The second-order valence-electron chi connectivity index (χ2n) is 4.60. The third-order valence-corrected chi connectivity index (χ3v) is 3.57. The van der Waals surface area contributed by atoms with Gasteiger partial charge in [-0.3, -0.25) is 9.78 Å². The molecule has 18 heavy (non-hydrogen) atoms. The second-order valence-corrected chi connectivity index (χ2v) is 5.21. The number of pyridine rings is 1. The number of rotatable bonds is 2. The number of carbonyl (C=O) groups excluding carboxylic acids is 1. The molecular formula is C14H13ClN2O. The fourth-order valence-corrected chi connectivity index (χ4v) is 2.69. The fourth-order valence-electron chi connectivity index (χ4n) is 2.39. The largest absolute Gasteiger partial charge is 0.337 e. The molecule has 1 fully saturated rings. The van der Waals surface area contributed by atoms with Crippen LogP contribution in [-0.2, 0) is 11.3 Å². The Hall–Kier alpha value is -1.61. The van der Waals surface area contributed by atoms with Gasteiger partial charge in [-0.2, -0.15) is 0 Å². The number of amides is 1. The van der Waals surface area contributed by atoms with Gasteiger partial charge in [0.25, 0.3) is 0 Å². The van der Waals surface area contributed by atoms with Gasteiger partial charge >= 0.3 is 0 Å². The normalized spacial score (nSPS) is 19.7. The Balaban J connectivity index is 1.93. The molecule has 1 aromatic heterocycles. The summed E-state index contributed by atoms with van der Waals surface area (Å²) in [5.41, 5.74) is 1.08. The number of hydrogen-bond acceptors (Lipinski definition) is 2. The molecule has 2 heterocycles. The molecule has 92 valence electrons. The van der Waals surface area contributed by atoms with Crippen molar-refractivity contribution in [1.29, 1.82) is 0 Å². The number of nitrogens with zero attached hydrogens (tertiary/aromatic N) is 2. The van der Waals surface area contributed by atoms with Crippen LogP contribution in [0.3, 0.4) is 0 Å². The minimum Gasteiger partial charge on any atom is -0.337 e. The predicted octanol–water partition coefficient (Wildman–Crippen LogP) is 2.57. The molecule has 1 saturated heterocycles. The van der Waals surface area contributed by atoms with E-state index in [1.165, 1.54) is 0 Å². The number of benzene rings is 1. The highest BCUT2D eigenvalue weighted by Gasteiger charge is 2.28. The van der Waals surface area contributed by atoms with Crippen LogP contribution >= 0.6 is 11.6 Å². The zero-order valence-corrected chi connectivity index (χ0v) is 10.6. The predicted molar refractivity (Wildman–Crippen MR) is 71.4 cm³/mol. The first-order valence-electron chi connectivity index (χ1n) is 5.97. The van der Waals surface area contributed by atoms with Gasteiger partial charge in [0.1, 0.15) is 0 Å². The van der Waals surface area contributed by atoms with Crippen LogP contribution in [0.15, 0.2) is 36.7 Å². The lowest BCUT2D eigenvalue weighted by Crippen LogP contribution is -2.24. The standard InChI is InChI=1S/C14H13ClN2O/c15-12-5-14(18)17(9-12)8-11-7-16-6-10-3-1-2-4-13(10)11/h1-4,6-7,12H,5,8-9H2. The van der Waals surface area contributed by atoms with Crippen LogP contribution in [0.5, 0.6) is 0 Å². The van der Waals surface area contributed by atoms with Crippen LogP contribution < -0.4 is 0 Å². The Morgan fingerprint density at radius 3 is 2.94 bits per heavy atom. The van der Waals surface area contributed by atoms with E-state index in [4.69, 9.17) is 11.6 Å². The molecule has 0 spiro atoms. The fraction of sp³-hybridized carbons (Fsp3) is 0.286. The molecule has 3 nitrogen and oxygen atoms in total. The average molecular weight is 261 g/mol. The maximum Gasteiger partial charge on any atom is 0.224 e. The van der Waals surface area contributed by atoms with E-state index in [0.29, 0.717) is 19.5 Å². The van der Waals surface area contributed by atoms with E-state index in [-0.39, 0.29) is 11.3 Å². The van der Waals surface area contributed by atoms with Crippen LogP contribution in [0.25, 0.3) is 10.8 Å². The van der Waals surface area contributed by atoms with E-state index >= 15 is 0 Å². The third-order valence-electron chi connectivity index (χ3n) is 3.28. The van der Waals surface area contributed by atoms with Gasteiger partial charge in [0.2, 0.25) is 5.91 Å². The summed E-state index contributed by atoms with van der Waals surface area (Å²) >= 11 is 6.01. The first-order chi connectivity index (χ1) is 8.74. The van der Waals surface area contributed by atoms with Crippen molar-refractivity contribution in [3.63, 3.8) is 0 Å². The number of carbonyl (C=O) groups is 1. The lowest BCUT2D eigenvalue weighted by molar-refractivity contribution is -0.128. The Bertz CT molecular complexity index is 594. The monoisotopic (exact) mass is 260 g/mol. The van der Waals surface area contributed by atoms with Gasteiger partial charge in [-0.15, -0.1) is 11.6 Å². The first kappa shape index (κ1) is 11.5. The van der Waals surface area contributed by atoms with Crippen molar-refractivity contribution in [3.8, 4) is 0 Å². The second kappa shape index (κ2) is 4.58. The maximum absolute atomic E-state index is 11.7. The number of halogens is 1. The SMILES string of the molecule is O=C1CC(Cl)CN1Cc1cncc2ccccc12. The molecule has 4 heteroatoms. The van der Waals surface area contributed by atoms with Crippen LogP contribution in [0, 0.1) is 0 Å². The van der Waals surface area contributed by atoms with Crippen molar-refractivity contribution in [1.82, 2.24) is 9.88 Å². The Labute approximate surface area is 110 Å². The number of likely N-dealkylation sites (tertiary alicyclic amines) is 1. The lowest BCUT2D eigenvalue weighted by atomic mass is 10.1. The quantitative estimate of drug-likeness (QED) is 0.778. The van der Waals surface area contributed by atoms with Crippen LogP contribution in [0.4, 0.5) is 0 Å². The van der Waals surface area contributed by atoms with E-state index in [1.807, 2.05) is 30.6 Å².